The van der Waals surface area contributed by atoms with Crippen LogP contribution in [0.2, 0.25) is 0 Å². The van der Waals surface area contributed by atoms with Crippen LogP contribution in [0.3, 0.4) is 0 Å². The third kappa shape index (κ3) is 3.31. The number of nitrogens with zero attached hydrogens (tertiary/aromatic N) is 2. The van der Waals surface area contributed by atoms with Gasteiger partial charge in [0, 0.05) is 23.1 Å². The van der Waals surface area contributed by atoms with Crippen LogP contribution in [-0.2, 0) is 21.1 Å². The number of nitrogens with one attached hydrogen (secondary N) is 2. The van der Waals surface area contributed by atoms with Gasteiger partial charge in [-0.2, -0.15) is 16.9 Å². The molecule has 0 bridgehead atoms. The van der Waals surface area contributed by atoms with E-state index in [4.69, 9.17) is 0 Å². The number of thioether (sulfide) groups is 1. The average molecular weight is 344 g/mol. The van der Waals surface area contributed by atoms with Crippen LogP contribution in [0.25, 0.3) is 5.69 Å². The SMILES string of the molecule is CCC(C)NC(=O)C(=O)Nc1c2c(nn1-c1ccccc1)CSC2. The molecule has 0 saturated carbocycles. The van der Waals surface area contributed by atoms with Gasteiger partial charge in [-0.3, -0.25) is 9.59 Å². The van der Waals surface area contributed by atoms with Crippen LogP contribution in [0.4, 0.5) is 5.82 Å². The molecule has 2 N–H and O–H groups in total. The molecule has 1 aromatic carbocycles. The van der Waals surface area contributed by atoms with Crippen molar-refractivity contribution < 1.29 is 9.59 Å². The first-order valence-electron chi connectivity index (χ1n) is 7.96. The molecule has 2 amide bonds. The van der Waals surface area contributed by atoms with Crippen molar-refractivity contribution in [1.82, 2.24) is 15.1 Å². The summed E-state index contributed by atoms with van der Waals surface area (Å²) in [6, 6.07) is 9.56. The van der Waals surface area contributed by atoms with Crippen LogP contribution in [-0.4, -0.2) is 27.6 Å². The highest BCUT2D eigenvalue weighted by Crippen LogP contribution is 2.35. The lowest BCUT2D eigenvalue weighted by Crippen LogP contribution is -2.40. The molecule has 1 unspecified atom stereocenters. The van der Waals surface area contributed by atoms with Crippen LogP contribution < -0.4 is 10.6 Å². The molecule has 6 nitrogen and oxygen atoms in total. The molecule has 0 aliphatic carbocycles. The van der Waals surface area contributed by atoms with Gasteiger partial charge in [-0.05, 0) is 25.5 Å². The lowest BCUT2D eigenvalue weighted by Gasteiger charge is -2.13. The quantitative estimate of drug-likeness (QED) is 0.836. The largest absolute Gasteiger partial charge is 0.345 e. The summed E-state index contributed by atoms with van der Waals surface area (Å²) in [7, 11) is 0. The van der Waals surface area contributed by atoms with Crippen molar-refractivity contribution in [1.29, 1.82) is 0 Å². The molecule has 24 heavy (non-hydrogen) atoms. The summed E-state index contributed by atoms with van der Waals surface area (Å²) < 4.78 is 1.71. The van der Waals surface area contributed by atoms with E-state index in [-0.39, 0.29) is 6.04 Å². The van der Waals surface area contributed by atoms with Crippen molar-refractivity contribution in [3.63, 3.8) is 0 Å². The zero-order chi connectivity index (χ0) is 17.1. The maximum Gasteiger partial charge on any atom is 0.314 e. The fourth-order valence-electron chi connectivity index (χ4n) is 2.45. The minimum Gasteiger partial charge on any atom is -0.345 e. The van der Waals surface area contributed by atoms with E-state index in [2.05, 4.69) is 15.7 Å². The minimum absolute atomic E-state index is 0.0384. The van der Waals surface area contributed by atoms with Crippen LogP contribution >= 0.6 is 11.8 Å². The first kappa shape index (κ1) is 16.6. The lowest BCUT2D eigenvalue weighted by atomic mass is 10.2. The number of para-hydroxylation sites is 1. The Hall–Kier alpha value is -2.28. The average Bonchev–Trinajstić information content (AvgIpc) is 3.18. The maximum absolute atomic E-state index is 12.3. The van der Waals surface area contributed by atoms with Gasteiger partial charge in [0.05, 0.1) is 11.4 Å². The van der Waals surface area contributed by atoms with Gasteiger partial charge in [0.25, 0.3) is 0 Å². The molecule has 1 aliphatic heterocycles. The Kier molecular flexibility index (Phi) is 4.89. The number of anilines is 1. The predicted octanol–water partition coefficient (Wildman–Crippen LogP) is 2.47. The smallest absolute Gasteiger partial charge is 0.314 e. The van der Waals surface area contributed by atoms with E-state index in [1.165, 1.54) is 0 Å². The summed E-state index contributed by atoms with van der Waals surface area (Å²) in [6.45, 7) is 3.82. The highest BCUT2D eigenvalue weighted by molar-refractivity contribution is 7.98. The third-order valence-corrected chi connectivity index (χ3v) is 4.95. The molecule has 126 valence electrons. The fourth-order valence-corrected chi connectivity index (χ4v) is 3.49. The maximum atomic E-state index is 12.3. The van der Waals surface area contributed by atoms with Crippen LogP contribution in [0, 0.1) is 0 Å². The Morgan fingerprint density at radius 1 is 1.25 bits per heavy atom. The molecule has 0 radical (unpaired) electrons. The van der Waals surface area contributed by atoms with Crippen LogP contribution in [0.15, 0.2) is 30.3 Å². The third-order valence-electron chi connectivity index (χ3n) is 3.98. The molecule has 0 saturated heterocycles. The summed E-state index contributed by atoms with van der Waals surface area (Å²) in [4.78, 5) is 24.3. The van der Waals surface area contributed by atoms with E-state index in [1.807, 2.05) is 44.2 Å². The van der Waals surface area contributed by atoms with Crippen molar-refractivity contribution in [2.75, 3.05) is 5.32 Å². The van der Waals surface area contributed by atoms with Gasteiger partial charge < -0.3 is 10.6 Å². The molecule has 7 heteroatoms. The van der Waals surface area contributed by atoms with E-state index in [0.717, 1.165) is 34.9 Å². The monoisotopic (exact) mass is 344 g/mol. The van der Waals surface area contributed by atoms with Gasteiger partial charge in [0.15, 0.2) is 0 Å². The number of carbonyl (C=O) groups is 2. The van der Waals surface area contributed by atoms with Gasteiger partial charge in [0.1, 0.15) is 5.82 Å². The predicted molar refractivity (Wildman–Crippen MR) is 95.1 cm³/mol. The lowest BCUT2D eigenvalue weighted by molar-refractivity contribution is -0.136. The summed E-state index contributed by atoms with van der Waals surface area (Å²) in [5.74, 6) is 0.907. The Bertz CT molecular complexity index is 757. The number of hydrogen-bond acceptors (Lipinski definition) is 4. The number of hydrogen-bond donors (Lipinski definition) is 2. The van der Waals surface area contributed by atoms with Gasteiger partial charge in [-0.25, -0.2) is 4.68 Å². The topological polar surface area (TPSA) is 76.0 Å². The van der Waals surface area contributed by atoms with Crippen molar-refractivity contribution in [2.24, 2.45) is 0 Å². The van der Waals surface area contributed by atoms with E-state index >= 15 is 0 Å². The molecule has 0 fully saturated rings. The Morgan fingerprint density at radius 2 is 2.00 bits per heavy atom. The molecule has 0 spiro atoms. The fraction of sp³-hybridized carbons (Fsp3) is 0.353. The number of amides is 2. The molecule has 2 aromatic rings. The Morgan fingerprint density at radius 3 is 2.71 bits per heavy atom. The second-order valence-corrected chi connectivity index (χ2v) is 6.74. The van der Waals surface area contributed by atoms with Gasteiger partial charge >= 0.3 is 11.8 Å². The number of rotatable bonds is 4. The molecular weight excluding hydrogens is 324 g/mol. The van der Waals surface area contributed by atoms with Crippen molar-refractivity contribution in [2.45, 2.75) is 37.8 Å². The summed E-state index contributed by atoms with van der Waals surface area (Å²) in [5.41, 5.74) is 2.81. The van der Waals surface area contributed by atoms with Crippen LogP contribution in [0.1, 0.15) is 31.5 Å². The molecule has 2 heterocycles. The molecular formula is C17H20N4O2S. The highest BCUT2D eigenvalue weighted by Gasteiger charge is 2.26. The minimum atomic E-state index is -0.660. The van der Waals surface area contributed by atoms with E-state index in [9.17, 15) is 9.59 Å². The number of carbonyl (C=O) groups excluding carboxylic acids is 2. The molecule has 1 aliphatic rings. The van der Waals surface area contributed by atoms with Gasteiger partial charge in [-0.15, -0.1) is 0 Å². The Balaban J connectivity index is 1.87. The second kappa shape index (κ2) is 7.09. The van der Waals surface area contributed by atoms with Gasteiger partial charge in [-0.1, -0.05) is 25.1 Å². The second-order valence-electron chi connectivity index (χ2n) is 5.75. The van der Waals surface area contributed by atoms with E-state index in [0.29, 0.717) is 5.82 Å². The zero-order valence-electron chi connectivity index (χ0n) is 13.7. The molecule has 3 rings (SSSR count). The van der Waals surface area contributed by atoms with Gasteiger partial charge in [0.2, 0.25) is 0 Å². The van der Waals surface area contributed by atoms with Crippen molar-refractivity contribution in [3.05, 3.63) is 41.6 Å². The number of benzene rings is 1. The Labute approximate surface area is 145 Å². The standard InChI is InChI=1S/C17H20N4O2S/c1-3-11(2)18-16(22)17(23)19-15-13-9-24-10-14(13)20-21(15)12-7-5-4-6-8-12/h4-8,11H,3,9-10H2,1-2H3,(H,18,22)(H,19,23). The van der Waals surface area contributed by atoms with Crippen molar-refractivity contribution in [3.8, 4) is 5.69 Å². The highest BCUT2D eigenvalue weighted by atomic mass is 32.2. The number of aromatic nitrogens is 2. The van der Waals surface area contributed by atoms with E-state index < -0.39 is 11.8 Å². The van der Waals surface area contributed by atoms with Crippen LogP contribution in [0.5, 0.6) is 0 Å². The molecule has 1 atom stereocenters. The van der Waals surface area contributed by atoms with Crippen molar-refractivity contribution >= 4 is 29.4 Å². The molecule has 1 aromatic heterocycles. The first-order chi connectivity index (χ1) is 11.6. The zero-order valence-corrected chi connectivity index (χ0v) is 14.5. The summed E-state index contributed by atoms with van der Waals surface area (Å²) in [5, 5.41) is 10.0. The summed E-state index contributed by atoms with van der Waals surface area (Å²) >= 11 is 1.75. The van der Waals surface area contributed by atoms with E-state index in [1.54, 1.807) is 16.4 Å². The normalized spacial score (nSPS) is 14.1. The first-order valence-corrected chi connectivity index (χ1v) is 9.11. The number of fused-ring (bicyclic) bond motifs is 1. The summed E-state index contributed by atoms with van der Waals surface area (Å²) in [6.07, 6.45) is 0.771.